The molecule has 0 aromatic heterocycles. The van der Waals surface area contributed by atoms with Crippen LogP contribution in [0.15, 0.2) is 0 Å². The third-order valence-electron chi connectivity index (χ3n) is 3.23. The van der Waals surface area contributed by atoms with Gasteiger partial charge in [0, 0.05) is 22.8 Å². The van der Waals surface area contributed by atoms with Gasteiger partial charge in [-0.2, -0.15) is 11.8 Å². The van der Waals surface area contributed by atoms with Crippen LogP contribution in [-0.2, 0) is 4.79 Å². The zero-order chi connectivity index (χ0) is 12.7. The molecule has 0 bridgehead atoms. The second kappa shape index (κ2) is 7.45. The maximum Gasteiger partial charge on any atom is 0.132 e. The maximum atomic E-state index is 11.5. The van der Waals surface area contributed by atoms with E-state index in [1.807, 2.05) is 0 Å². The summed E-state index contributed by atoms with van der Waals surface area (Å²) in [7, 11) is 0. The van der Waals surface area contributed by atoms with Crippen LogP contribution in [-0.4, -0.2) is 15.8 Å². The number of hydrogen-bond donors (Lipinski definition) is 0. The second-order valence-electron chi connectivity index (χ2n) is 6.24. The molecular weight excluding hydrogens is 228 g/mol. The molecule has 2 heteroatoms. The summed E-state index contributed by atoms with van der Waals surface area (Å²) < 4.78 is 0.376. The van der Waals surface area contributed by atoms with Crippen molar-refractivity contribution in [3.63, 3.8) is 0 Å². The van der Waals surface area contributed by atoms with Gasteiger partial charge in [-0.05, 0) is 25.7 Å². The van der Waals surface area contributed by atoms with Crippen molar-refractivity contribution in [2.75, 3.05) is 0 Å². The van der Waals surface area contributed by atoms with E-state index in [0.717, 1.165) is 30.9 Å². The molecular formula is C15H28OS. The highest BCUT2D eigenvalue weighted by atomic mass is 32.2. The van der Waals surface area contributed by atoms with Crippen molar-refractivity contribution < 1.29 is 4.79 Å². The molecule has 1 rings (SSSR count). The van der Waals surface area contributed by atoms with Crippen molar-refractivity contribution in [2.45, 2.75) is 88.6 Å². The third-order valence-corrected chi connectivity index (χ3v) is 4.75. The zero-order valence-corrected chi connectivity index (χ0v) is 12.6. The van der Waals surface area contributed by atoms with E-state index in [-0.39, 0.29) is 0 Å². The summed E-state index contributed by atoms with van der Waals surface area (Å²) in [6, 6.07) is 0. The number of Topliss-reactive ketones (excluding diaryl/α,β-unsaturated/α-hetero) is 1. The Labute approximate surface area is 111 Å². The number of carbonyl (C=O) groups is 1. The molecule has 0 amide bonds. The van der Waals surface area contributed by atoms with Crippen molar-refractivity contribution in [3.8, 4) is 0 Å². The van der Waals surface area contributed by atoms with E-state index >= 15 is 0 Å². The molecule has 0 aromatic rings. The topological polar surface area (TPSA) is 17.1 Å². The van der Waals surface area contributed by atoms with Crippen molar-refractivity contribution in [2.24, 2.45) is 0 Å². The fraction of sp³-hybridized carbons (Fsp3) is 0.933. The molecule has 1 aliphatic rings. The van der Waals surface area contributed by atoms with Gasteiger partial charge in [0.05, 0.1) is 0 Å². The van der Waals surface area contributed by atoms with Crippen LogP contribution in [0.1, 0.15) is 78.6 Å². The Bertz CT molecular complexity index is 230. The van der Waals surface area contributed by atoms with Gasteiger partial charge in [-0.1, -0.05) is 40.0 Å². The molecule has 1 nitrogen and oxygen atoms in total. The molecule has 1 aliphatic carbocycles. The lowest BCUT2D eigenvalue weighted by Crippen LogP contribution is -2.16. The van der Waals surface area contributed by atoms with E-state index in [2.05, 4.69) is 32.5 Å². The van der Waals surface area contributed by atoms with Crippen LogP contribution in [0.2, 0.25) is 0 Å². The van der Waals surface area contributed by atoms with Crippen LogP contribution in [0, 0.1) is 0 Å². The minimum absolute atomic E-state index is 0.376. The third kappa shape index (κ3) is 7.86. The minimum atomic E-state index is 0.376. The lowest BCUT2D eigenvalue weighted by atomic mass is 10.1. The molecule has 0 aromatic carbocycles. The molecule has 0 heterocycles. The predicted molar refractivity (Wildman–Crippen MR) is 77.7 cm³/mol. The average Bonchev–Trinajstić information content (AvgIpc) is 2.24. The number of thioether (sulfide) groups is 1. The van der Waals surface area contributed by atoms with Crippen LogP contribution >= 0.6 is 11.8 Å². The Morgan fingerprint density at radius 3 is 2.06 bits per heavy atom. The number of ketones is 1. The summed E-state index contributed by atoms with van der Waals surface area (Å²) >= 11 is 2.14. The van der Waals surface area contributed by atoms with E-state index in [0.29, 0.717) is 10.5 Å². The monoisotopic (exact) mass is 256 g/mol. The second-order valence-corrected chi connectivity index (χ2v) is 8.36. The van der Waals surface area contributed by atoms with Crippen LogP contribution in [0.3, 0.4) is 0 Å². The molecule has 17 heavy (non-hydrogen) atoms. The van der Waals surface area contributed by atoms with Crippen LogP contribution < -0.4 is 0 Å². The summed E-state index contributed by atoms with van der Waals surface area (Å²) in [5, 5.41) is 0.809. The average molecular weight is 256 g/mol. The van der Waals surface area contributed by atoms with Crippen LogP contribution in [0.4, 0.5) is 0 Å². The van der Waals surface area contributed by atoms with Crippen molar-refractivity contribution in [1.29, 1.82) is 0 Å². The van der Waals surface area contributed by atoms with Gasteiger partial charge in [0.15, 0.2) is 0 Å². The molecule has 0 spiro atoms. The largest absolute Gasteiger partial charge is 0.300 e. The maximum absolute atomic E-state index is 11.5. The first-order chi connectivity index (χ1) is 7.97. The Balaban J connectivity index is 2.40. The van der Waals surface area contributed by atoms with Gasteiger partial charge in [0.1, 0.15) is 5.78 Å². The lowest BCUT2D eigenvalue weighted by Gasteiger charge is -2.25. The zero-order valence-electron chi connectivity index (χ0n) is 11.8. The summed E-state index contributed by atoms with van der Waals surface area (Å²) in [5.74, 6) is 0.493. The van der Waals surface area contributed by atoms with Gasteiger partial charge in [0.2, 0.25) is 0 Å². The highest BCUT2D eigenvalue weighted by Gasteiger charge is 2.19. The molecule has 1 unspecified atom stereocenters. The smallest absolute Gasteiger partial charge is 0.132 e. The molecule has 0 saturated heterocycles. The van der Waals surface area contributed by atoms with E-state index in [1.54, 1.807) is 0 Å². The molecule has 1 saturated carbocycles. The first-order valence-corrected chi connectivity index (χ1v) is 8.05. The summed E-state index contributed by atoms with van der Waals surface area (Å²) in [6.45, 7) is 6.94. The van der Waals surface area contributed by atoms with Gasteiger partial charge in [0.25, 0.3) is 0 Å². The highest BCUT2D eigenvalue weighted by molar-refractivity contribution is 8.01. The first-order valence-electron chi connectivity index (χ1n) is 7.17. The van der Waals surface area contributed by atoms with E-state index in [9.17, 15) is 4.79 Å². The van der Waals surface area contributed by atoms with E-state index in [1.165, 1.54) is 32.1 Å². The Morgan fingerprint density at radius 1 is 0.941 bits per heavy atom. The number of rotatable bonds is 1. The van der Waals surface area contributed by atoms with Crippen LogP contribution in [0.5, 0.6) is 0 Å². The van der Waals surface area contributed by atoms with Gasteiger partial charge >= 0.3 is 0 Å². The van der Waals surface area contributed by atoms with E-state index in [4.69, 9.17) is 0 Å². The summed E-state index contributed by atoms with van der Waals surface area (Å²) in [4.78, 5) is 11.5. The van der Waals surface area contributed by atoms with Gasteiger partial charge < -0.3 is 0 Å². The molecule has 1 fully saturated rings. The van der Waals surface area contributed by atoms with Crippen molar-refractivity contribution >= 4 is 17.5 Å². The van der Waals surface area contributed by atoms with Crippen molar-refractivity contribution in [3.05, 3.63) is 0 Å². The van der Waals surface area contributed by atoms with Crippen molar-refractivity contribution in [1.82, 2.24) is 0 Å². The Morgan fingerprint density at radius 2 is 1.47 bits per heavy atom. The summed E-state index contributed by atoms with van der Waals surface area (Å²) in [5.41, 5.74) is 0. The Hall–Kier alpha value is 0.0200. The van der Waals surface area contributed by atoms with E-state index < -0.39 is 0 Å². The van der Waals surface area contributed by atoms with Gasteiger partial charge in [-0.3, -0.25) is 4.79 Å². The van der Waals surface area contributed by atoms with Crippen LogP contribution in [0.25, 0.3) is 0 Å². The molecule has 1 atom stereocenters. The fourth-order valence-corrected chi connectivity index (χ4v) is 4.02. The lowest BCUT2D eigenvalue weighted by molar-refractivity contribution is -0.119. The van der Waals surface area contributed by atoms with Gasteiger partial charge in [-0.25, -0.2) is 0 Å². The quantitative estimate of drug-likeness (QED) is 0.658. The molecule has 0 aliphatic heterocycles. The standard InChI is InChI=1S/C15H28OS/c1-15(2,3)17-14-11-6-4-5-9-13(16)10-7-8-12-14/h14H,4-12H2,1-3H3. The fourth-order valence-electron chi connectivity index (χ4n) is 2.45. The normalized spacial score (nSPS) is 25.4. The molecule has 0 radical (unpaired) electrons. The molecule has 100 valence electrons. The summed E-state index contributed by atoms with van der Waals surface area (Å²) in [6.07, 6.45) is 10.3. The highest BCUT2D eigenvalue weighted by Crippen LogP contribution is 2.34. The predicted octanol–water partition coefficient (Wildman–Crippen LogP) is 4.98. The minimum Gasteiger partial charge on any atom is -0.300 e. The molecule has 0 N–H and O–H groups in total. The number of carbonyl (C=O) groups excluding carboxylic acids is 1. The Kier molecular flexibility index (Phi) is 6.61. The first kappa shape index (κ1) is 15.1. The SMILES string of the molecule is CC(C)(C)SC1CCCCCC(=O)CCCC1. The number of hydrogen-bond acceptors (Lipinski definition) is 2. The van der Waals surface area contributed by atoms with Gasteiger partial charge in [-0.15, -0.1) is 0 Å².